The third-order valence-electron chi connectivity index (χ3n) is 3.77. The van der Waals surface area contributed by atoms with Crippen molar-refractivity contribution >= 4 is 11.6 Å². The van der Waals surface area contributed by atoms with Crippen LogP contribution in [-0.2, 0) is 0 Å². The minimum absolute atomic E-state index is 0.418. The van der Waals surface area contributed by atoms with Crippen molar-refractivity contribution in [2.24, 2.45) is 11.7 Å². The van der Waals surface area contributed by atoms with Crippen LogP contribution in [0.15, 0.2) is 24.4 Å². The number of nitrogens with two attached hydrogens (primary N) is 1. The molecule has 1 aliphatic rings. The van der Waals surface area contributed by atoms with Crippen molar-refractivity contribution in [2.75, 3.05) is 11.9 Å². The number of rotatable bonds is 3. The van der Waals surface area contributed by atoms with E-state index in [-0.39, 0.29) is 0 Å². The van der Waals surface area contributed by atoms with E-state index in [2.05, 4.69) is 15.4 Å². The maximum atomic E-state index is 5.84. The predicted octanol–water partition coefficient (Wildman–Crippen LogP) is 1.66. The molecule has 1 aliphatic carbocycles. The van der Waals surface area contributed by atoms with E-state index in [9.17, 15) is 0 Å². The van der Waals surface area contributed by atoms with Gasteiger partial charge in [-0.15, -0.1) is 5.10 Å². The lowest BCUT2D eigenvalue weighted by molar-refractivity contribution is 0.331. The fourth-order valence-corrected chi connectivity index (χ4v) is 2.74. The van der Waals surface area contributed by atoms with E-state index in [0.29, 0.717) is 17.9 Å². The van der Waals surface area contributed by atoms with Gasteiger partial charge in [0, 0.05) is 12.2 Å². The molecule has 0 spiro atoms. The van der Waals surface area contributed by atoms with Crippen LogP contribution in [0.5, 0.6) is 0 Å². The fourth-order valence-electron chi connectivity index (χ4n) is 2.74. The summed E-state index contributed by atoms with van der Waals surface area (Å²) in [5.41, 5.74) is 6.71. The van der Waals surface area contributed by atoms with Gasteiger partial charge >= 0.3 is 0 Å². The SMILES string of the molecule is NCC1CCCCC1Nc1nc2ccccn2n1. The third-order valence-corrected chi connectivity index (χ3v) is 3.77. The molecule has 1 fully saturated rings. The van der Waals surface area contributed by atoms with Gasteiger partial charge in [-0.05, 0) is 37.4 Å². The molecule has 2 aromatic heterocycles. The number of fused-ring (bicyclic) bond motifs is 1. The highest BCUT2D eigenvalue weighted by molar-refractivity contribution is 5.43. The summed E-state index contributed by atoms with van der Waals surface area (Å²) in [5.74, 6) is 1.26. The molecule has 5 heteroatoms. The van der Waals surface area contributed by atoms with Gasteiger partial charge in [0.15, 0.2) is 5.65 Å². The maximum absolute atomic E-state index is 5.84. The molecule has 2 aromatic rings. The van der Waals surface area contributed by atoms with Crippen LogP contribution in [0.1, 0.15) is 25.7 Å². The Morgan fingerprint density at radius 3 is 3.06 bits per heavy atom. The molecule has 96 valence electrons. The summed E-state index contributed by atoms with van der Waals surface area (Å²) in [6.07, 6.45) is 6.84. The van der Waals surface area contributed by atoms with E-state index in [4.69, 9.17) is 5.73 Å². The van der Waals surface area contributed by atoms with Crippen molar-refractivity contribution in [3.8, 4) is 0 Å². The van der Waals surface area contributed by atoms with Gasteiger partial charge in [0.05, 0.1) is 0 Å². The molecule has 18 heavy (non-hydrogen) atoms. The number of hydrogen-bond donors (Lipinski definition) is 2. The van der Waals surface area contributed by atoms with Gasteiger partial charge in [-0.25, -0.2) is 4.52 Å². The molecule has 2 atom stereocenters. The van der Waals surface area contributed by atoms with E-state index < -0.39 is 0 Å². The second kappa shape index (κ2) is 4.94. The molecule has 0 aromatic carbocycles. The van der Waals surface area contributed by atoms with Gasteiger partial charge in [0.1, 0.15) is 0 Å². The van der Waals surface area contributed by atoms with E-state index in [1.165, 1.54) is 19.3 Å². The number of pyridine rings is 1. The lowest BCUT2D eigenvalue weighted by atomic mass is 9.84. The fraction of sp³-hybridized carbons (Fsp3) is 0.538. The molecule has 0 amide bonds. The van der Waals surface area contributed by atoms with Crippen LogP contribution >= 0.6 is 0 Å². The monoisotopic (exact) mass is 245 g/mol. The summed E-state index contributed by atoms with van der Waals surface area (Å²) in [5, 5.41) is 7.88. The maximum Gasteiger partial charge on any atom is 0.243 e. The zero-order valence-corrected chi connectivity index (χ0v) is 10.4. The minimum Gasteiger partial charge on any atom is -0.350 e. The van der Waals surface area contributed by atoms with Crippen molar-refractivity contribution in [3.05, 3.63) is 24.4 Å². The molecule has 2 heterocycles. The Morgan fingerprint density at radius 2 is 2.22 bits per heavy atom. The topological polar surface area (TPSA) is 68.2 Å². The highest BCUT2D eigenvalue weighted by Crippen LogP contribution is 2.25. The molecular weight excluding hydrogens is 226 g/mol. The molecule has 3 rings (SSSR count). The first kappa shape index (κ1) is 11.5. The zero-order valence-electron chi connectivity index (χ0n) is 10.4. The van der Waals surface area contributed by atoms with Crippen LogP contribution in [-0.4, -0.2) is 27.2 Å². The molecule has 5 nitrogen and oxygen atoms in total. The van der Waals surface area contributed by atoms with E-state index in [0.717, 1.165) is 18.6 Å². The molecular formula is C13H19N5. The average Bonchev–Trinajstić information content (AvgIpc) is 2.81. The van der Waals surface area contributed by atoms with Gasteiger partial charge in [0.25, 0.3) is 0 Å². The number of aromatic nitrogens is 3. The van der Waals surface area contributed by atoms with E-state index in [1.807, 2.05) is 24.4 Å². The third kappa shape index (κ3) is 2.18. The lowest BCUT2D eigenvalue weighted by Gasteiger charge is -2.30. The zero-order chi connectivity index (χ0) is 12.4. The summed E-state index contributed by atoms with van der Waals surface area (Å²) in [7, 11) is 0. The van der Waals surface area contributed by atoms with Gasteiger partial charge in [0.2, 0.25) is 5.95 Å². The van der Waals surface area contributed by atoms with Gasteiger partial charge < -0.3 is 11.1 Å². The summed E-state index contributed by atoms with van der Waals surface area (Å²) < 4.78 is 1.79. The Morgan fingerprint density at radius 1 is 1.33 bits per heavy atom. The number of hydrogen-bond acceptors (Lipinski definition) is 4. The molecule has 0 bridgehead atoms. The summed E-state index contributed by atoms with van der Waals surface area (Å²) in [6, 6.07) is 6.30. The first-order valence-corrected chi connectivity index (χ1v) is 6.65. The van der Waals surface area contributed by atoms with Crippen molar-refractivity contribution in [3.63, 3.8) is 0 Å². The summed E-state index contributed by atoms with van der Waals surface area (Å²) >= 11 is 0. The van der Waals surface area contributed by atoms with E-state index in [1.54, 1.807) is 4.52 Å². The first-order chi connectivity index (χ1) is 8.86. The van der Waals surface area contributed by atoms with Gasteiger partial charge in [-0.1, -0.05) is 18.9 Å². The largest absolute Gasteiger partial charge is 0.350 e. The molecule has 0 saturated heterocycles. The quantitative estimate of drug-likeness (QED) is 0.863. The Kier molecular flexibility index (Phi) is 3.15. The average molecular weight is 245 g/mol. The standard InChI is InChI=1S/C13H19N5/c14-9-10-5-1-2-6-11(10)15-13-16-12-7-3-4-8-18(12)17-13/h3-4,7-8,10-11H,1-2,5-6,9,14H2,(H,15,17). The second-order valence-electron chi connectivity index (χ2n) is 4.97. The first-order valence-electron chi connectivity index (χ1n) is 6.65. The van der Waals surface area contributed by atoms with Crippen molar-refractivity contribution in [1.82, 2.24) is 14.6 Å². The smallest absolute Gasteiger partial charge is 0.243 e. The van der Waals surface area contributed by atoms with Crippen LogP contribution in [0.2, 0.25) is 0 Å². The lowest BCUT2D eigenvalue weighted by Crippen LogP contribution is -2.37. The molecule has 0 aliphatic heterocycles. The van der Waals surface area contributed by atoms with E-state index >= 15 is 0 Å². The molecule has 2 unspecified atom stereocenters. The number of nitrogens with zero attached hydrogens (tertiary/aromatic N) is 3. The molecule has 3 N–H and O–H groups in total. The Labute approximate surface area is 106 Å². The van der Waals surface area contributed by atoms with Crippen molar-refractivity contribution < 1.29 is 0 Å². The van der Waals surface area contributed by atoms with Crippen LogP contribution < -0.4 is 11.1 Å². The Hall–Kier alpha value is -1.62. The predicted molar refractivity (Wildman–Crippen MR) is 71.4 cm³/mol. The minimum atomic E-state index is 0.418. The van der Waals surface area contributed by atoms with Crippen LogP contribution in [0.3, 0.4) is 0 Å². The highest BCUT2D eigenvalue weighted by atomic mass is 15.3. The van der Waals surface area contributed by atoms with Gasteiger partial charge in [-0.2, -0.15) is 4.98 Å². The highest BCUT2D eigenvalue weighted by Gasteiger charge is 2.24. The molecule has 1 saturated carbocycles. The normalized spacial score (nSPS) is 24.3. The van der Waals surface area contributed by atoms with Crippen molar-refractivity contribution in [2.45, 2.75) is 31.7 Å². The van der Waals surface area contributed by atoms with Crippen LogP contribution in [0.25, 0.3) is 5.65 Å². The summed E-state index contributed by atoms with van der Waals surface area (Å²) in [6.45, 7) is 0.741. The number of nitrogens with one attached hydrogen (secondary N) is 1. The van der Waals surface area contributed by atoms with Gasteiger partial charge in [-0.3, -0.25) is 0 Å². The Balaban J connectivity index is 1.78. The summed E-state index contributed by atoms with van der Waals surface area (Å²) in [4.78, 5) is 4.48. The second-order valence-corrected chi connectivity index (χ2v) is 4.97. The molecule has 0 radical (unpaired) electrons. The Bertz CT molecular complexity index is 488. The van der Waals surface area contributed by atoms with Crippen LogP contribution in [0, 0.1) is 5.92 Å². The van der Waals surface area contributed by atoms with Crippen molar-refractivity contribution in [1.29, 1.82) is 0 Å². The van der Waals surface area contributed by atoms with Crippen LogP contribution in [0.4, 0.5) is 5.95 Å². The number of anilines is 1.